The predicted octanol–water partition coefficient (Wildman–Crippen LogP) is 1.25. The molecular formula is C10H11FN2O. The molecule has 0 atom stereocenters. The molecule has 0 radical (unpaired) electrons. The number of hydrogen-bond acceptors (Lipinski definition) is 2. The molecule has 0 fully saturated rings. The van der Waals surface area contributed by atoms with Gasteiger partial charge >= 0.3 is 0 Å². The van der Waals surface area contributed by atoms with Crippen molar-refractivity contribution in [1.82, 2.24) is 5.32 Å². The molecule has 3 nitrogen and oxygen atoms in total. The zero-order valence-corrected chi connectivity index (χ0v) is 8.02. The molecule has 74 valence electrons. The molecule has 0 aliphatic carbocycles. The van der Waals surface area contributed by atoms with Crippen molar-refractivity contribution in [3.05, 3.63) is 35.1 Å². The normalized spacial score (nSPS) is 9.64. The first-order chi connectivity index (χ1) is 6.57. The molecular weight excluding hydrogens is 183 g/mol. The van der Waals surface area contributed by atoms with Crippen LogP contribution < -0.4 is 5.32 Å². The first-order valence-corrected chi connectivity index (χ1v) is 4.14. The number of rotatable bonds is 2. The van der Waals surface area contributed by atoms with Gasteiger partial charge in [0.05, 0.1) is 0 Å². The predicted molar refractivity (Wildman–Crippen MR) is 52.0 cm³/mol. The Kier molecular flexibility index (Phi) is 2.96. The summed E-state index contributed by atoms with van der Waals surface area (Å²) in [7, 11) is 1.41. The van der Waals surface area contributed by atoms with Gasteiger partial charge in [-0.2, -0.15) is 0 Å². The molecule has 0 aliphatic rings. The number of hydrogen-bond donors (Lipinski definition) is 2. The monoisotopic (exact) mass is 194 g/mol. The van der Waals surface area contributed by atoms with Crippen molar-refractivity contribution >= 4 is 11.6 Å². The minimum Gasteiger partial charge on any atom is -0.354 e. The average molecular weight is 194 g/mol. The molecule has 1 amide bonds. The Bertz CT molecular complexity index is 367. The maximum Gasteiger partial charge on any atom is 0.269 e. The van der Waals surface area contributed by atoms with Gasteiger partial charge in [0.15, 0.2) is 0 Å². The van der Waals surface area contributed by atoms with Gasteiger partial charge in [0.2, 0.25) is 0 Å². The SMILES string of the molecule is CNC(=O)C(=N)c1c(C)cccc1F. The Hall–Kier alpha value is -1.71. The quantitative estimate of drug-likeness (QED) is 0.684. The standard InChI is InChI=1S/C10H11FN2O/c1-6-4-3-5-7(11)8(6)9(12)10(14)13-2/h3-5,12H,1-2H3,(H,13,14). The van der Waals surface area contributed by atoms with Crippen LogP contribution in [0.4, 0.5) is 4.39 Å². The number of amides is 1. The van der Waals surface area contributed by atoms with Crippen LogP contribution in [0.2, 0.25) is 0 Å². The summed E-state index contributed by atoms with van der Waals surface area (Å²) in [6.07, 6.45) is 0. The molecule has 0 spiro atoms. The van der Waals surface area contributed by atoms with E-state index in [9.17, 15) is 9.18 Å². The zero-order chi connectivity index (χ0) is 10.7. The highest BCUT2D eigenvalue weighted by Gasteiger charge is 2.16. The lowest BCUT2D eigenvalue weighted by molar-refractivity contribution is -0.114. The van der Waals surface area contributed by atoms with Gasteiger partial charge in [-0.05, 0) is 18.6 Å². The highest BCUT2D eigenvalue weighted by Crippen LogP contribution is 2.12. The van der Waals surface area contributed by atoms with E-state index in [1.165, 1.54) is 13.1 Å². The van der Waals surface area contributed by atoms with Crippen molar-refractivity contribution in [3.8, 4) is 0 Å². The highest BCUT2D eigenvalue weighted by molar-refractivity contribution is 6.44. The van der Waals surface area contributed by atoms with Gasteiger partial charge in [0.25, 0.3) is 5.91 Å². The first kappa shape index (κ1) is 10.4. The summed E-state index contributed by atoms with van der Waals surface area (Å²) in [5.74, 6) is -1.13. The minimum absolute atomic E-state index is 0.0619. The first-order valence-electron chi connectivity index (χ1n) is 4.14. The van der Waals surface area contributed by atoms with Crippen LogP contribution in [0.1, 0.15) is 11.1 Å². The molecule has 14 heavy (non-hydrogen) atoms. The van der Waals surface area contributed by atoms with Gasteiger partial charge in [0.1, 0.15) is 11.5 Å². The molecule has 4 heteroatoms. The van der Waals surface area contributed by atoms with E-state index in [1.807, 2.05) is 0 Å². The molecule has 0 saturated heterocycles. The van der Waals surface area contributed by atoms with E-state index in [0.29, 0.717) is 5.56 Å². The van der Waals surface area contributed by atoms with Crippen LogP contribution in [0.25, 0.3) is 0 Å². The van der Waals surface area contributed by atoms with Crippen LogP contribution in [0, 0.1) is 18.2 Å². The number of nitrogens with one attached hydrogen (secondary N) is 2. The van der Waals surface area contributed by atoms with Crippen LogP contribution in [-0.2, 0) is 4.79 Å². The average Bonchev–Trinajstić information content (AvgIpc) is 2.16. The topological polar surface area (TPSA) is 53.0 Å². The maximum absolute atomic E-state index is 13.3. The molecule has 0 aliphatic heterocycles. The van der Waals surface area contributed by atoms with Crippen molar-refractivity contribution in [3.63, 3.8) is 0 Å². The van der Waals surface area contributed by atoms with E-state index < -0.39 is 11.7 Å². The third kappa shape index (κ3) is 1.79. The molecule has 0 aromatic heterocycles. The maximum atomic E-state index is 13.3. The van der Waals surface area contributed by atoms with Gasteiger partial charge in [-0.1, -0.05) is 12.1 Å². The van der Waals surface area contributed by atoms with Crippen LogP contribution >= 0.6 is 0 Å². The number of aryl methyl sites for hydroxylation is 1. The zero-order valence-electron chi connectivity index (χ0n) is 8.02. The van der Waals surface area contributed by atoms with Crippen molar-refractivity contribution in [1.29, 1.82) is 5.41 Å². The molecule has 1 aromatic rings. The third-order valence-corrected chi connectivity index (χ3v) is 1.93. The second-order valence-electron chi connectivity index (χ2n) is 2.89. The summed E-state index contributed by atoms with van der Waals surface area (Å²) in [6, 6.07) is 4.45. The van der Waals surface area contributed by atoms with Crippen molar-refractivity contribution in [2.24, 2.45) is 0 Å². The molecule has 0 saturated carbocycles. The Morgan fingerprint density at radius 2 is 2.14 bits per heavy atom. The lowest BCUT2D eigenvalue weighted by Crippen LogP contribution is -2.28. The van der Waals surface area contributed by atoms with Crippen LogP contribution in [0.5, 0.6) is 0 Å². The summed E-state index contributed by atoms with van der Waals surface area (Å²) >= 11 is 0. The van der Waals surface area contributed by atoms with Crippen LogP contribution in [-0.4, -0.2) is 18.7 Å². The summed E-state index contributed by atoms with van der Waals surface area (Å²) < 4.78 is 13.3. The van der Waals surface area contributed by atoms with Crippen molar-refractivity contribution in [2.75, 3.05) is 7.05 Å². The fourth-order valence-corrected chi connectivity index (χ4v) is 1.19. The molecule has 1 aromatic carbocycles. The number of carbonyl (C=O) groups is 1. The number of carbonyl (C=O) groups excluding carboxylic acids is 1. The van der Waals surface area contributed by atoms with E-state index in [1.54, 1.807) is 19.1 Å². The van der Waals surface area contributed by atoms with Crippen molar-refractivity contribution < 1.29 is 9.18 Å². The Balaban J connectivity index is 3.19. The molecule has 0 bridgehead atoms. The number of benzene rings is 1. The van der Waals surface area contributed by atoms with E-state index >= 15 is 0 Å². The van der Waals surface area contributed by atoms with Gasteiger partial charge in [0, 0.05) is 12.6 Å². The van der Waals surface area contributed by atoms with Gasteiger partial charge in [-0.25, -0.2) is 4.39 Å². The number of halogens is 1. The Morgan fingerprint density at radius 1 is 1.50 bits per heavy atom. The second kappa shape index (κ2) is 4.00. The van der Waals surface area contributed by atoms with Gasteiger partial charge in [-0.3, -0.25) is 10.2 Å². The Labute approximate surface area is 81.5 Å². The van der Waals surface area contributed by atoms with Gasteiger partial charge in [-0.15, -0.1) is 0 Å². The molecule has 0 heterocycles. The lowest BCUT2D eigenvalue weighted by Gasteiger charge is -2.06. The summed E-state index contributed by atoms with van der Waals surface area (Å²) in [5, 5.41) is 9.75. The number of likely N-dealkylation sites (N-methyl/N-ethyl adjacent to an activating group) is 1. The van der Waals surface area contributed by atoms with Gasteiger partial charge < -0.3 is 5.32 Å². The van der Waals surface area contributed by atoms with E-state index in [-0.39, 0.29) is 11.3 Å². The fraction of sp³-hybridized carbons (Fsp3) is 0.200. The van der Waals surface area contributed by atoms with Crippen molar-refractivity contribution in [2.45, 2.75) is 6.92 Å². The summed E-state index contributed by atoms with van der Waals surface area (Å²) in [4.78, 5) is 11.1. The molecule has 0 unspecified atom stereocenters. The van der Waals surface area contributed by atoms with E-state index in [2.05, 4.69) is 5.32 Å². The minimum atomic E-state index is -0.585. The molecule has 2 N–H and O–H groups in total. The van der Waals surface area contributed by atoms with Crippen LogP contribution in [0.15, 0.2) is 18.2 Å². The smallest absolute Gasteiger partial charge is 0.269 e. The Morgan fingerprint density at radius 3 is 2.64 bits per heavy atom. The summed E-state index contributed by atoms with van der Waals surface area (Å²) in [6.45, 7) is 1.66. The largest absolute Gasteiger partial charge is 0.354 e. The third-order valence-electron chi connectivity index (χ3n) is 1.93. The highest BCUT2D eigenvalue weighted by atomic mass is 19.1. The van der Waals surface area contributed by atoms with E-state index in [0.717, 1.165) is 0 Å². The second-order valence-corrected chi connectivity index (χ2v) is 2.89. The molecule has 1 rings (SSSR count). The summed E-state index contributed by atoms with van der Waals surface area (Å²) in [5.41, 5.74) is 0.300. The van der Waals surface area contributed by atoms with Crippen LogP contribution in [0.3, 0.4) is 0 Å². The fourth-order valence-electron chi connectivity index (χ4n) is 1.19. The van der Waals surface area contributed by atoms with E-state index in [4.69, 9.17) is 5.41 Å². The lowest BCUT2D eigenvalue weighted by atomic mass is 10.0.